The Morgan fingerprint density at radius 3 is 1.83 bits per heavy atom. The van der Waals surface area contributed by atoms with Gasteiger partial charge in [0, 0.05) is 6.42 Å². The summed E-state index contributed by atoms with van der Waals surface area (Å²) in [4.78, 5) is 24.0. The fraction of sp³-hybridized carbons (Fsp3) is 0.900. The number of ether oxygens (including phenoxy) is 1. The third-order valence-corrected chi connectivity index (χ3v) is 4.34. The van der Waals surface area contributed by atoms with Gasteiger partial charge in [0.15, 0.2) is 0 Å². The van der Waals surface area contributed by atoms with E-state index in [1.807, 2.05) is 0 Å². The number of carbonyl (C=O) groups is 2. The van der Waals surface area contributed by atoms with E-state index in [4.69, 9.17) is 4.74 Å². The van der Waals surface area contributed by atoms with E-state index in [2.05, 4.69) is 20.8 Å². The van der Waals surface area contributed by atoms with Crippen molar-refractivity contribution in [1.29, 1.82) is 0 Å². The summed E-state index contributed by atoms with van der Waals surface area (Å²) in [7, 11) is 0. The quantitative estimate of drug-likeness (QED) is 0.204. The highest BCUT2D eigenvalue weighted by Gasteiger charge is 2.21. The summed E-state index contributed by atoms with van der Waals surface area (Å²) in [6, 6.07) is 0. The number of esters is 2. The smallest absolute Gasteiger partial charge is 0.316 e. The summed E-state index contributed by atoms with van der Waals surface area (Å²) >= 11 is 0. The van der Waals surface area contributed by atoms with E-state index in [1.54, 1.807) is 0 Å². The SMILES string of the molecule is CCCCCCCC(=O)OC(=O)C(CCCC)CCCCCC. The van der Waals surface area contributed by atoms with Crippen LogP contribution in [0.4, 0.5) is 0 Å². The van der Waals surface area contributed by atoms with Crippen molar-refractivity contribution >= 4 is 11.9 Å². The second-order valence-electron chi connectivity index (χ2n) is 6.65. The van der Waals surface area contributed by atoms with Gasteiger partial charge in [-0.2, -0.15) is 0 Å². The molecule has 0 saturated heterocycles. The molecule has 0 fully saturated rings. The predicted molar refractivity (Wildman–Crippen MR) is 96.2 cm³/mol. The molecule has 0 N–H and O–H groups in total. The minimum absolute atomic E-state index is 0.0872. The number of hydrogen-bond donors (Lipinski definition) is 0. The molecule has 0 aliphatic heterocycles. The molecular weight excluding hydrogens is 288 g/mol. The fourth-order valence-corrected chi connectivity index (χ4v) is 2.77. The Labute approximate surface area is 143 Å². The van der Waals surface area contributed by atoms with Crippen LogP contribution < -0.4 is 0 Å². The molecule has 0 aliphatic rings. The summed E-state index contributed by atoms with van der Waals surface area (Å²) in [5.41, 5.74) is 0. The Balaban J connectivity index is 4.05. The summed E-state index contributed by atoms with van der Waals surface area (Å²) in [6.07, 6.45) is 14.3. The zero-order valence-corrected chi connectivity index (χ0v) is 15.7. The van der Waals surface area contributed by atoms with Gasteiger partial charge in [-0.05, 0) is 19.3 Å². The highest BCUT2D eigenvalue weighted by Crippen LogP contribution is 2.19. The van der Waals surface area contributed by atoms with Gasteiger partial charge >= 0.3 is 11.9 Å². The normalized spacial score (nSPS) is 12.1. The third-order valence-electron chi connectivity index (χ3n) is 4.34. The summed E-state index contributed by atoms with van der Waals surface area (Å²) < 4.78 is 5.10. The zero-order valence-electron chi connectivity index (χ0n) is 15.7. The van der Waals surface area contributed by atoms with Gasteiger partial charge < -0.3 is 4.74 Å². The number of unbranched alkanes of at least 4 members (excludes halogenated alkanes) is 8. The minimum Gasteiger partial charge on any atom is -0.393 e. The Morgan fingerprint density at radius 1 is 0.696 bits per heavy atom. The topological polar surface area (TPSA) is 43.4 Å². The number of carbonyl (C=O) groups excluding carboxylic acids is 2. The zero-order chi connectivity index (χ0) is 17.3. The molecule has 3 heteroatoms. The molecule has 0 aromatic heterocycles. The highest BCUT2D eigenvalue weighted by molar-refractivity contribution is 5.86. The molecule has 0 aromatic carbocycles. The fourth-order valence-electron chi connectivity index (χ4n) is 2.77. The van der Waals surface area contributed by atoms with Crippen LogP contribution in [0.15, 0.2) is 0 Å². The van der Waals surface area contributed by atoms with E-state index in [-0.39, 0.29) is 17.9 Å². The molecule has 1 unspecified atom stereocenters. The van der Waals surface area contributed by atoms with Crippen LogP contribution in [0, 0.1) is 5.92 Å². The van der Waals surface area contributed by atoms with Gasteiger partial charge in [0.25, 0.3) is 0 Å². The second kappa shape index (κ2) is 16.0. The molecule has 136 valence electrons. The minimum atomic E-state index is -0.332. The van der Waals surface area contributed by atoms with E-state index in [0.717, 1.165) is 57.8 Å². The van der Waals surface area contributed by atoms with Crippen LogP contribution >= 0.6 is 0 Å². The molecule has 0 radical (unpaired) electrons. The van der Waals surface area contributed by atoms with Crippen molar-refractivity contribution in [3.63, 3.8) is 0 Å². The maximum absolute atomic E-state index is 12.2. The summed E-state index contributed by atoms with van der Waals surface area (Å²) in [5, 5.41) is 0. The molecule has 0 aromatic rings. The predicted octanol–water partition coefficient (Wildman–Crippen LogP) is 6.19. The first-order valence-corrected chi connectivity index (χ1v) is 9.90. The molecule has 0 amide bonds. The van der Waals surface area contributed by atoms with Gasteiger partial charge in [-0.3, -0.25) is 9.59 Å². The van der Waals surface area contributed by atoms with Crippen molar-refractivity contribution in [3.05, 3.63) is 0 Å². The molecule has 0 heterocycles. The van der Waals surface area contributed by atoms with Gasteiger partial charge in [0.2, 0.25) is 0 Å². The van der Waals surface area contributed by atoms with Gasteiger partial charge in [0.05, 0.1) is 5.92 Å². The maximum Gasteiger partial charge on any atom is 0.316 e. The van der Waals surface area contributed by atoms with Gasteiger partial charge in [0.1, 0.15) is 0 Å². The average molecular weight is 327 g/mol. The summed E-state index contributed by atoms with van der Waals surface area (Å²) in [6.45, 7) is 6.48. The van der Waals surface area contributed by atoms with Crippen LogP contribution in [0.5, 0.6) is 0 Å². The molecule has 3 nitrogen and oxygen atoms in total. The van der Waals surface area contributed by atoms with Gasteiger partial charge in [-0.15, -0.1) is 0 Å². The Morgan fingerprint density at radius 2 is 1.22 bits per heavy atom. The lowest BCUT2D eigenvalue weighted by Gasteiger charge is -2.14. The van der Waals surface area contributed by atoms with Crippen LogP contribution in [0.1, 0.15) is 111 Å². The van der Waals surface area contributed by atoms with Gasteiger partial charge in [-0.1, -0.05) is 85.0 Å². The summed E-state index contributed by atoms with van der Waals surface area (Å²) in [5.74, 6) is -0.703. The van der Waals surface area contributed by atoms with Crippen molar-refractivity contribution in [3.8, 4) is 0 Å². The number of rotatable bonds is 15. The van der Waals surface area contributed by atoms with Crippen LogP contribution in [0.2, 0.25) is 0 Å². The van der Waals surface area contributed by atoms with E-state index in [0.29, 0.717) is 6.42 Å². The monoisotopic (exact) mass is 326 g/mol. The third kappa shape index (κ3) is 13.3. The van der Waals surface area contributed by atoms with Crippen molar-refractivity contribution in [2.24, 2.45) is 5.92 Å². The molecule has 0 spiro atoms. The van der Waals surface area contributed by atoms with Gasteiger partial charge in [-0.25, -0.2) is 0 Å². The molecule has 23 heavy (non-hydrogen) atoms. The van der Waals surface area contributed by atoms with Crippen LogP contribution in [0.25, 0.3) is 0 Å². The first-order chi connectivity index (χ1) is 11.2. The first kappa shape index (κ1) is 22.1. The lowest BCUT2D eigenvalue weighted by Crippen LogP contribution is -2.21. The highest BCUT2D eigenvalue weighted by atomic mass is 16.6. The lowest BCUT2D eigenvalue weighted by molar-refractivity contribution is -0.163. The molecule has 0 aliphatic carbocycles. The molecule has 0 bridgehead atoms. The van der Waals surface area contributed by atoms with Crippen molar-refractivity contribution in [2.45, 2.75) is 111 Å². The Hall–Kier alpha value is -0.860. The van der Waals surface area contributed by atoms with Crippen molar-refractivity contribution in [1.82, 2.24) is 0 Å². The average Bonchev–Trinajstić information content (AvgIpc) is 2.53. The van der Waals surface area contributed by atoms with E-state index in [1.165, 1.54) is 25.7 Å². The van der Waals surface area contributed by atoms with Crippen LogP contribution in [0.3, 0.4) is 0 Å². The van der Waals surface area contributed by atoms with Crippen molar-refractivity contribution in [2.75, 3.05) is 0 Å². The maximum atomic E-state index is 12.2. The largest absolute Gasteiger partial charge is 0.393 e. The molecule has 0 saturated carbocycles. The van der Waals surface area contributed by atoms with E-state index >= 15 is 0 Å². The Bertz CT molecular complexity index is 299. The standard InChI is InChI=1S/C20H38O3/c1-4-7-10-12-14-17-19(21)23-20(22)18(15-9-6-3)16-13-11-8-5-2/h18H,4-17H2,1-3H3. The van der Waals surface area contributed by atoms with Crippen LogP contribution in [-0.4, -0.2) is 11.9 Å². The Kier molecular flexibility index (Phi) is 15.4. The lowest BCUT2D eigenvalue weighted by atomic mass is 9.95. The molecule has 1 atom stereocenters. The first-order valence-electron chi connectivity index (χ1n) is 9.90. The molecular formula is C20H38O3. The van der Waals surface area contributed by atoms with Crippen LogP contribution in [-0.2, 0) is 14.3 Å². The van der Waals surface area contributed by atoms with E-state index < -0.39 is 0 Å². The second-order valence-corrected chi connectivity index (χ2v) is 6.65. The molecule has 0 rings (SSSR count). The van der Waals surface area contributed by atoms with E-state index in [9.17, 15) is 9.59 Å². The van der Waals surface area contributed by atoms with Crippen molar-refractivity contribution < 1.29 is 14.3 Å². The number of hydrogen-bond acceptors (Lipinski definition) is 3.